The van der Waals surface area contributed by atoms with Crippen LogP contribution in [0.3, 0.4) is 0 Å². The summed E-state index contributed by atoms with van der Waals surface area (Å²) in [5.74, 6) is -0.212. The molecule has 0 atom stereocenters. The van der Waals surface area contributed by atoms with Gasteiger partial charge >= 0.3 is 0 Å². The largest absolute Gasteiger partial charge is 0.323 e. The van der Waals surface area contributed by atoms with Crippen LogP contribution in [0.15, 0.2) is 29.4 Å². The summed E-state index contributed by atoms with van der Waals surface area (Å²) in [6.07, 6.45) is 0. The highest BCUT2D eigenvalue weighted by molar-refractivity contribution is 9.09. The lowest BCUT2D eigenvalue weighted by Crippen LogP contribution is -2.12. The van der Waals surface area contributed by atoms with E-state index in [1.54, 1.807) is 18.2 Å². The van der Waals surface area contributed by atoms with E-state index in [0.29, 0.717) is 5.69 Å². The van der Waals surface area contributed by atoms with E-state index in [4.69, 9.17) is 0 Å². The van der Waals surface area contributed by atoms with Crippen molar-refractivity contribution in [3.05, 3.63) is 29.2 Å². The normalized spacial score (nSPS) is 9.31. The van der Waals surface area contributed by atoms with Crippen molar-refractivity contribution in [2.75, 3.05) is 10.6 Å². The van der Waals surface area contributed by atoms with Crippen LogP contribution >= 0.6 is 15.9 Å². The maximum atomic E-state index is 10.9. The van der Waals surface area contributed by atoms with Gasteiger partial charge in [0.1, 0.15) is 5.69 Å². The molecule has 0 heterocycles. The highest BCUT2D eigenvalue weighted by atomic mass is 79.9. The molecule has 1 aromatic rings. The Morgan fingerprint density at radius 2 is 2.15 bits per heavy atom. The molecule has 0 bridgehead atoms. The first kappa shape index (κ1) is 9.85. The molecule has 0 saturated carbocycles. The molecule has 0 saturated heterocycles. The van der Waals surface area contributed by atoms with Gasteiger partial charge in [-0.05, 0) is 17.3 Å². The van der Waals surface area contributed by atoms with Crippen molar-refractivity contribution in [1.29, 1.82) is 0 Å². The summed E-state index contributed by atoms with van der Waals surface area (Å²) in [5.41, 5.74) is 0.666. The Bertz CT molecular complexity index is 328. The van der Waals surface area contributed by atoms with Crippen molar-refractivity contribution < 1.29 is 4.79 Å². The van der Waals surface area contributed by atoms with Gasteiger partial charge in [0.25, 0.3) is 0 Å². The van der Waals surface area contributed by atoms with Crippen LogP contribution in [0.4, 0.5) is 11.4 Å². The van der Waals surface area contributed by atoms with Crippen LogP contribution in [0, 0.1) is 4.91 Å². The molecular weight excluding hydrogens is 236 g/mol. The first-order valence-corrected chi connectivity index (χ1v) is 4.68. The zero-order chi connectivity index (χ0) is 9.68. The minimum atomic E-state index is -0.212. The van der Waals surface area contributed by atoms with Gasteiger partial charge in [-0.1, -0.05) is 28.1 Å². The molecule has 5 heteroatoms. The topological polar surface area (TPSA) is 58.5 Å². The number of benzene rings is 1. The lowest BCUT2D eigenvalue weighted by Gasteiger charge is -2.03. The minimum absolute atomic E-state index is 0.195. The fourth-order valence-electron chi connectivity index (χ4n) is 0.843. The van der Waals surface area contributed by atoms with E-state index < -0.39 is 0 Å². The molecule has 0 aromatic heterocycles. The Kier molecular flexibility index (Phi) is 3.57. The number of nitrogens with zero attached hydrogens (tertiary/aromatic N) is 1. The summed E-state index contributed by atoms with van der Waals surface area (Å²) in [5, 5.41) is 5.50. The molecule has 68 valence electrons. The van der Waals surface area contributed by atoms with Crippen LogP contribution in [0.25, 0.3) is 0 Å². The molecule has 1 N–H and O–H groups in total. The van der Waals surface area contributed by atoms with Crippen molar-refractivity contribution in [3.8, 4) is 0 Å². The monoisotopic (exact) mass is 242 g/mol. The average Bonchev–Trinajstić information content (AvgIpc) is 2.18. The number of halogens is 1. The molecule has 0 radical (unpaired) electrons. The zero-order valence-corrected chi connectivity index (χ0v) is 8.24. The number of para-hydroxylation sites is 1. The fraction of sp³-hybridized carbons (Fsp3) is 0.125. The second-order valence-electron chi connectivity index (χ2n) is 2.29. The van der Waals surface area contributed by atoms with Gasteiger partial charge in [0, 0.05) is 0 Å². The third kappa shape index (κ3) is 2.62. The third-order valence-corrected chi connectivity index (χ3v) is 1.91. The van der Waals surface area contributed by atoms with Gasteiger partial charge < -0.3 is 5.32 Å². The summed E-state index contributed by atoms with van der Waals surface area (Å²) in [6, 6.07) is 6.56. The summed E-state index contributed by atoms with van der Waals surface area (Å²) in [7, 11) is 0. The number of rotatable bonds is 3. The summed E-state index contributed by atoms with van der Waals surface area (Å²) in [4.78, 5) is 21.2. The van der Waals surface area contributed by atoms with Crippen molar-refractivity contribution >= 4 is 33.2 Å². The van der Waals surface area contributed by atoms with E-state index in [0.717, 1.165) is 0 Å². The number of amides is 1. The SMILES string of the molecule is O=Nc1ccccc1NC(=O)CBr. The predicted octanol–water partition coefficient (Wildman–Crippen LogP) is 2.42. The molecular formula is C8H7BrN2O2. The van der Waals surface area contributed by atoms with Crippen molar-refractivity contribution in [2.45, 2.75) is 0 Å². The zero-order valence-electron chi connectivity index (χ0n) is 6.66. The van der Waals surface area contributed by atoms with E-state index in [9.17, 15) is 9.70 Å². The molecule has 0 aliphatic rings. The lowest BCUT2D eigenvalue weighted by molar-refractivity contribution is -0.113. The number of hydrogen-bond acceptors (Lipinski definition) is 3. The number of anilines is 1. The second kappa shape index (κ2) is 4.71. The lowest BCUT2D eigenvalue weighted by atomic mass is 10.3. The fourth-order valence-corrected chi connectivity index (χ4v) is 0.983. The highest BCUT2D eigenvalue weighted by Gasteiger charge is 2.04. The number of hydrogen-bond donors (Lipinski definition) is 1. The molecule has 0 unspecified atom stereocenters. The van der Waals surface area contributed by atoms with Crippen molar-refractivity contribution in [1.82, 2.24) is 0 Å². The van der Waals surface area contributed by atoms with Gasteiger partial charge in [-0.2, -0.15) is 0 Å². The number of carbonyl (C=O) groups is 1. The number of alkyl halides is 1. The first-order valence-electron chi connectivity index (χ1n) is 3.56. The first-order chi connectivity index (χ1) is 6.27. The molecule has 0 aliphatic carbocycles. The van der Waals surface area contributed by atoms with Gasteiger partial charge in [-0.25, -0.2) is 0 Å². The van der Waals surface area contributed by atoms with Crippen molar-refractivity contribution in [3.63, 3.8) is 0 Å². The van der Waals surface area contributed by atoms with Crippen molar-refractivity contribution in [2.24, 2.45) is 5.18 Å². The number of nitrogens with one attached hydrogen (secondary N) is 1. The van der Waals surface area contributed by atoms with Crippen LogP contribution in [0.5, 0.6) is 0 Å². The van der Waals surface area contributed by atoms with Gasteiger partial charge in [-0.3, -0.25) is 4.79 Å². The standard InChI is InChI=1S/C8H7BrN2O2/c9-5-8(12)10-6-3-1-2-4-7(6)11-13/h1-4H,5H2,(H,10,12). The van der Waals surface area contributed by atoms with E-state index >= 15 is 0 Å². The Morgan fingerprint density at radius 3 is 2.77 bits per heavy atom. The molecule has 0 aliphatic heterocycles. The molecule has 13 heavy (non-hydrogen) atoms. The van der Waals surface area contributed by atoms with Crippen LogP contribution in [-0.4, -0.2) is 11.2 Å². The molecule has 1 amide bonds. The molecule has 0 fully saturated rings. The van der Waals surface area contributed by atoms with Gasteiger partial charge in [0.15, 0.2) is 0 Å². The number of nitroso groups, excluding NO2 is 1. The maximum Gasteiger partial charge on any atom is 0.235 e. The third-order valence-electron chi connectivity index (χ3n) is 1.40. The number of carbonyl (C=O) groups excluding carboxylic acids is 1. The van der Waals surface area contributed by atoms with Gasteiger partial charge in [-0.15, -0.1) is 4.91 Å². The molecule has 4 nitrogen and oxygen atoms in total. The smallest absolute Gasteiger partial charge is 0.235 e. The summed E-state index contributed by atoms with van der Waals surface area (Å²) in [6.45, 7) is 0. The Balaban J connectivity index is 2.87. The van der Waals surface area contributed by atoms with Gasteiger partial charge in [0.05, 0.1) is 11.0 Å². The Labute approximate surface area is 83.4 Å². The highest BCUT2D eigenvalue weighted by Crippen LogP contribution is 2.23. The van der Waals surface area contributed by atoms with E-state index in [-0.39, 0.29) is 16.9 Å². The summed E-state index contributed by atoms with van der Waals surface area (Å²) < 4.78 is 0. The minimum Gasteiger partial charge on any atom is -0.323 e. The van der Waals surface area contributed by atoms with Crippen LogP contribution < -0.4 is 5.32 Å². The van der Waals surface area contributed by atoms with E-state index in [1.165, 1.54) is 6.07 Å². The quantitative estimate of drug-likeness (QED) is 0.654. The van der Waals surface area contributed by atoms with E-state index in [2.05, 4.69) is 26.4 Å². The molecule has 1 aromatic carbocycles. The predicted molar refractivity (Wildman–Crippen MR) is 54.3 cm³/mol. The summed E-state index contributed by atoms with van der Waals surface area (Å²) >= 11 is 3.00. The van der Waals surface area contributed by atoms with Crippen LogP contribution in [-0.2, 0) is 4.79 Å². The maximum absolute atomic E-state index is 10.9. The molecule has 1 rings (SSSR count). The van der Waals surface area contributed by atoms with E-state index in [1.807, 2.05) is 0 Å². The Hall–Kier alpha value is -1.23. The second-order valence-corrected chi connectivity index (χ2v) is 2.85. The van der Waals surface area contributed by atoms with Gasteiger partial charge in [0.2, 0.25) is 5.91 Å². The van der Waals surface area contributed by atoms with Crippen LogP contribution in [0.2, 0.25) is 0 Å². The Morgan fingerprint density at radius 1 is 1.46 bits per heavy atom. The average molecular weight is 243 g/mol. The molecule has 0 spiro atoms. The van der Waals surface area contributed by atoms with Crippen LogP contribution in [0.1, 0.15) is 0 Å².